The van der Waals surface area contributed by atoms with Gasteiger partial charge in [0.1, 0.15) is 11.1 Å². The van der Waals surface area contributed by atoms with Gasteiger partial charge in [0.05, 0.1) is 10.7 Å². The second kappa shape index (κ2) is 8.28. The zero-order valence-electron chi connectivity index (χ0n) is 14.7. The van der Waals surface area contributed by atoms with E-state index in [1.54, 1.807) is 32.2 Å². The average molecular weight is 510 g/mol. The van der Waals surface area contributed by atoms with Gasteiger partial charge in [-0.05, 0) is 60.2 Å². The van der Waals surface area contributed by atoms with Crippen LogP contribution in [0.4, 0.5) is 11.5 Å². The number of benzene rings is 1. The fourth-order valence-electron chi connectivity index (χ4n) is 2.80. The van der Waals surface area contributed by atoms with Gasteiger partial charge in [0, 0.05) is 21.7 Å². The van der Waals surface area contributed by atoms with Crippen LogP contribution in [-0.2, 0) is 17.1 Å². The Kier molecular flexibility index (Phi) is 6.75. The maximum Gasteiger partial charge on any atom is 0.254 e. The van der Waals surface area contributed by atoms with Crippen LogP contribution in [-0.4, -0.2) is 13.0 Å². The van der Waals surface area contributed by atoms with Crippen molar-refractivity contribution in [1.82, 2.24) is 4.57 Å². The highest BCUT2D eigenvalue weighted by Gasteiger charge is 2.28. The number of hydrogen-bond donors (Lipinski definition) is 2. The molecule has 0 saturated heterocycles. The highest BCUT2D eigenvalue weighted by Crippen LogP contribution is 2.34. The molecule has 1 heterocycles. The minimum Gasteiger partial charge on any atom is -0.340 e. The first-order valence-corrected chi connectivity index (χ1v) is 11.1. The molecule has 3 N–H and O–H groups in total. The average Bonchev–Trinajstić information content (AvgIpc) is 2.54. The van der Waals surface area contributed by atoms with Crippen molar-refractivity contribution >= 4 is 55.7 Å². The molecule has 2 aromatic rings. The number of halogens is 2. The number of primary sulfonamides is 1. The zero-order chi connectivity index (χ0) is 19.6. The second-order valence-electron chi connectivity index (χ2n) is 6.11. The predicted molar refractivity (Wildman–Crippen MR) is 115 cm³/mol. The topological polar surface area (TPSA) is 94.2 Å². The molecule has 0 bridgehead atoms. The summed E-state index contributed by atoms with van der Waals surface area (Å²) in [6, 6.07) is 7.02. The molecule has 0 amide bonds. The third kappa shape index (κ3) is 4.59. The first kappa shape index (κ1) is 21.2. The Hall–Kier alpha value is -1.10. The lowest BCUT2D eigenvalue weighted by Gasteiger charge is -2.22. The van der Waals surface area contributed by atoms with E-state index in [9.17, 15) is 13.2 Å². The molecule has 2 rings (SSSR count). The molecule has 0 spiro atoms. The summed E-state index contributed by atoms with van der Waals surface area (Å²) >= 11 is 8.43. The minimum absolute atomic E-state index is 0.220. The van der Waals surface area contributed by atoms with Gasteiger partial charge in [-0.3, -0.25) is 9.36 Å². The summed E-state index contributed by atoms with van der Waals surface area (Å²) in [7, 11) is -2.26. The maximum atomic E-state index is 12.4. The van der Waals surface area contributed by atoms with Gasteiger partial charge >= 0.3 is 0 Å². The van der Waals surface area contributed by atoms with E-state index in [4.69, 9.17) is 16.7 Å². The summed E-state index contributed by atoms with van der Waals surface area (Å²) < 4.78 is 26.7. The van der Waals surface area contributed by atoms with Crippen molar-refractivity contribution < 1.29 is 8.42 Å². The lowest BCUT2D eigenvalue weighted by atomic mass is 10.1. The Morgan fingerprint density at radius 1 is 1.35 bits per heavy atom. The number of pyridine rings is 1. The van der Waals surface area contributed by atoms with E-state index < -0.39 is 15.3 Å². The summed E-state index contributed by atoms with van der Waals surface area (Å²) in [5.74, 6) is 0.371. The van der Waals surface area contributed by atoms with Crippen molar-refractivity contribution in [1.29, 1.82) is 0 Å². The van der Waals surface area contributed by atoms with E-state index in [2.05, 4.69) is 27.9 Å². The van der Waals surface area contributed by atoms with Gasteiger partial charge < -0.3 is 5.32 Å². The molecule has 6 nitrogen and oxygen atoms in total. The Balaban J connectivity index is 2.70. The molecule has 0 fully saturated rings. The van der Waals surface area contributed by atoms with Crippen LogP contribution in [0.2, 0.25) is 5.02 Å². The Morgan fingerprint density at radius 3 is 2.54 bits per heavy atom. The fourth-order valence-corrected chi connectivity index (χ4v) is 4.80. The van der Waals surface area contributed by atoms with Gasteiger partial charge in [-0.15, -0.1) is 0 Å². The van der Waals surface area contributed by atoms with Gasteiger partial charge in [0.15, 0.2) is 0 Å². The number of hydrogen-bond acceptors (Lipinski definition) is 4. The molecule has 0 aliphatic heterocycles. The lowest BCUT2D eigenvalue weighted by Crippen LogP contribution is -2.28. The largest absolute Gasteiger partial charge is 0.340 e. The summed E-state index contributed by atoms with van der Waals surface area (Å²) in [4.78, 5) is 12.4. The molecule has 0 radical (unpaired) electrons. The standard InChI is InChI=1S/C17H21ClIN3O3S/c1-4-5-15(26(20,24)25)12-8-10(2)17(23)22(3)16(12)21-14-7-6-11(19)9-13(14)18/h6-9,15,21H,4-5H2,1-3H3,(H2,20,24,25). The van der Waals surface area contributed by atoms with Crippen molar-refractivity contribution in [3.05, 3.63) is 54.3 Å². The van der Waals surface area contributed by atoms with Crippen LogP contribution in [0.5, 0.6) is 0 Å². The van der Waals surface area contributed by atoms with Crippen LogP contribution in [0.1, 0.15) is 36.1 Å². The van der Waals surface area contributed by atoms with Crippen molar-refractivity contribution in [3.8, 4) is 0 Å². The van der Waals surface area contributed by atoms with Gasteiger partial charge in [-0.25, -0.2) is 13.6 Å². The van der Waals surface area contributed by atoms with E-state index in [1.807, 2.05) is 13.0 Å². The third-order valence-electron chi connectivity index (χ3n) is 4.10. The highest BCUT2D eigenvalue weighted by atomic mass is 127. The number of rotatable bonds is 6. The first-order chi connectivity index (χ1) is 12.1. The zero-order valence-corrected chi connectivity index (χ0v) is 18.4. The number of aromatic nitrogens is 1. The van der Waals surface area contributed by atoms with Crippen molar-refractivity contribution in [3.63, 3.8) is 0 Å². The molecule has 26 heavy (non-hydrogen) atoms. The maximum absolute atomic E-state index is 12.4. The number of sulfonamides is 1. The minimum atomic E-state index is -3.85. The molecular weight excluding hydrogens is 489 g/mol. The Labute approximate surface area is 171 Å². The van der Waals surface area contributed by atoms with Crippen LogP contribution in [0.3, 0.4) is 0 Å². The number of nitrogens with zero attached hydrogens (tertiary/aromatic N) is 1. The Bertz CT molecular complexity index is 989. The Morgan fingerprint density at radius 2 is 2.00 bits per heavy atom. The van der Waals surface area contributed by atoms with Crippen LogP contribution in [0.15, 0.2) is 29.1 Å². The molecule has 1 atom stereocenters. The van der Waals surface area contributed by atoms with E-state index >= 15 is 0 Å². The highest BCUT2D eigenvalue weighted by molar-refractivity contribution is 14.1. The van der Waals surface area contributed by atoms with E-state index in [0.717, 1.165) is 3.57 Å². The van der Waals surface area contributed by atoms with Crippen LogP contribution in [0, 0.1) is 10.5 Å². The first-order valence-electron chi connectivity index (χ1n) is 8.00. The fraction of sp³-hybridized carbons (Fsp3) is 0.353. The SMILES string of the molecule is CCCC(c1cc(C)c(=O)n(C)c1Nc1ccc(I)cc1Cl)S(N)(=O)=O. The van der Waals surface area contributed by atoms with E-state index in [0.29, 0.717) is 40.5 Å². The quantitative estimate of drug-likeness (QED) is 0.579. The smallest absolute Gasteiger partial charge is 0.254 e. The van der Waals surface area contributed by atoms with Crippen molar-refractivity contribution in [2.75, 3.05) is 5.32 Å². The summed E-state index contributed by atoms with van der Waals surface area (Å²) in [5, 5.41) is 8.16. The number of nitrogens with one attached hydrogen (secondary N) is 1. The molecule has 9 heteroatoms. The molecule has 142 valence electrons. The van der Waals surface area contributed by atoms with Crippen LogP contribution in [0.25, 0.3) is 0 Å². The summed E-state index contributed by atoms with van der Waals surface area (Å²) in [5.41, 5.74) is 1.27. The molecule has 1 aromatic carbocycles. The van der Waals surface area contributed by atoms with Crippen molar-refractivity contribution in [2.45, 2.75) is 31.9 Å². The number of aryl methyl sites for hydroxylation is 1. The van der Waals surface area contributed by atoms with Crippen molar-refractivity contribution in [2.24, 2.45) is 12.2 Å². The van der Waals surface area contributed by atoms with Crippen LogP contribution >= 0.6 is 34.2 Å². The van der Waals surface area contributed by atoms with Gasteiger partial charge in [-0.2, -0.15) is 0 Å². The third-order valence-corrected chi connectivity index (χ3v) is 6.37. The molecule has 1 unspecified atom stereocenters. The van der Waals surface area contributed by atoms with E-state index in [-0.39, 0.29) is 5.56 Å². The predicted octanol–water partition coefficient (Wildman–Crippen LogP) is 3.83. The summed E-state index contributed by atoms with van der Waals surface area (Å²) in [6.07, 6.45) is 0.984. The van der Waals surface area contributed by atoms with Gasteiger partial charge in [-0.1, -0.05) is 24.9 Å². The van der Waals surface area contributed by atoms with Gasteiger partial charge in [0.2, 0.25) is 10.0 Å². The lowest BCUT2D eigenvalue weighted by molar-refractivity contribution is 0.574. The number of nitrogens with two attached hydrogens (primary N) is 1. The molecular formula is C17H21ClIN3O3S. The summed E-state index contributed by atoms with van der Waals surface area (Å²) in [6.45, 7) is 3.54. The normalized spacial score (nSPS) is 12.8. The molecule has 1 aromatic heterocycles. The molecule has 0 aliphatic rings. The van der Waals surface area contributed by atoms with E-state index in [1.165, 1.54) is 4.57 Å². The van der Waals surface area contributed by atoms with Crippen LogP contribution < -0.4 is 16.0 Å². The molecule has 0 aliphatic carbocycles. The van der Waals surface area contributed by atoms with Gasteiger partial charge in [0.25, 0.3) is 5.56 Å². The monoisotopic (exact) mass is 509 g/mol. The number of anilines is 2. The second-order valence-corrected chi connectivity index (χ2v) is 9.51. The molecule has 0 saturated carbocycles.